The van der Waals surface area contributed by atoms with Crippen LogP contribution in [0.2, 0.25) is 0 Å². The van der Waals surface area contributed by atoms with E-state index in [9.17, 15) is 8.78 Å². The van der Waals surface area contributed by atoms with Crippen molar-refractivity contribution in [3.63, 3.8) is 0 Å². The second-order valence-corrected chi connectivity index (χ2v) is 3.06. The molecule has 2 heterocycles. The van der Waals surface area contributed by atoms with Crippen molar-refractivity contribution in [2.45, 2.75) is 19.3 Å². The fourth-order valence-electron chi connectivity index (χ4n) is 1.47. The molecule has 1 aliphatic rings. The maximum atomic E-state index is 12.3. The molecule has 0 bridgehead atoms. The highest BCUT2D eigenvalue weighted by Crippen LogP contribution is 2.24. The van der Waals surface area contributed by atoms with E-state index in [1.54, 1.807) is 6.07 Å². The number of alkyl halides is 2. The third kappa shape index (κ3) is 1.61. The van der Waals surface area contributed by atoms with Crippen LogP contribution in [0, 0.1) is 0 Å². The van der Waals surface area contributed by atoms with Gasteiger partial charge in [-0.15, -0.1) is 0 Å². The zero-order valence-electron chi connectivity index (χ0n) is 7.06. The van der Waals surface area contributed by atoms with Crippen molar-refractivity contribution in [3.05, 3.63) is 23.5 Å². The van der Waals surface area contributed by atoms with Crippen molar-refractivity contribution < 1.29 is 8.78 Å². The third-order valence-corrected chi connectivity index (χ3v) is 2.13. The van der Waals surface area contributed by atoms with E-state index >= 15 is 0 Å². The molecule has 1 aromatic rings. The number of aryl methyl sites for hydroxylation is 1. The number of anilines is 1. The van der Waals surface area contributed by atoms with Gasteiger partial charge in [-0.05, 0) is 25.0 Å². The summed E-state index contributed by atoms with van der Waals surface area (Å²) in [6.45, 7) is 0.905. The molecule has 70 valence electrons. The number of halogens is 2. The molecule has 1 aliphatic heterocycles. The number of aromatic nitrogens is 1. The highest BCUT2D eigenvalue weighted by molar-refractivity contribution is 5.50. The fraction of sp³-hybridized carbons (Fsp3) is 0.444. The molecule has 1 N–H and O–H groups in total. The van der Waals surface area contributed by atoms with Crippen molar-refractivity contribution in [3.8, 4) is 0 Å². The first-order valence-electron chi connectivity index (χ1n) is 4.29. The van der Waals surface area contributed by atoms with Gasteiger partial charge < -0.3 is 5.32 Å². The fourth-order valence-corrected chi connectivity index (χ4v) is 1.47. The summed E-state index contributed by atoms with van der Waals surface area (Å²) in [6.07, 6.45) is -0.706. The lowest BCUT2D eigenvalue weighted by Gasteiger charge is -2.17. The predicted octanol–water partition coefficient (Wildman–Crippen LogP) is 2.38. The van der Waals surface area contributed by atoms with Crippen LogP contribution in [0.4, 0.5) is 14.5 Å². The van der Waals surface area contributed by atoms with Gasteiger partial charge in [0.1, 0.15) is 5.69 Å². The lowest BCUT2D eigenvalue weighted by atomic mass is 10.1. The summed E-state index contributed by atoms with van der Waals surface area (Å²) in [5, 5.41) is 3.12. The molecule has 0 saturated heterocycles. The van der Waals surface area contributed by atoms with Gasteiger partial charge in [0.2, 0.25) is 0 Å². The molecule has 1 aromatic heterocycles. The van der Waals surface area contributed by atoms with E-state index in [2.05, 4.69) is 10.3 Å². The smallest absolute Gasteiger partial charge is 0.280 e. The predicted molar refractivity (Wildman–Crippen MR) is 46.0 cm³/mol. The first-order valence-corrected chi connectivity index (χ1v) is 4.29. The standard InChI is InChI=1S/C9H10F2N2/c10-9(11)8-4-3-6-7(13-8)2-1-5-12-6/h3-4,9,12H,1-2,5H2. The molecular weight excluding hydrogens is 174 g/mol. The van der Waals surface area contributed by atoms with Crippen LogP contribution >= 0.6 is 0 Å². The lowest BCUT2D eigenvalue weighted by Crippen LogP contribution is -2.13. The minimum absolute atomic E-state index is 0.123. The van der Waals surface area contributed by atoms with Gasteiger partial charge in [0, 0.05) is 6.54 Å². The number of nitrogens with one attached hydrogen (secondary N) is 1. The quantitative estimate of drug-likeness (QED) is 0.724. The van der Waals surface area contributed by atoms with Crippen molar-refractivity contribution in [1.82, 2.24) is 4.98 Å². The van der Waals surface area contributed by atoms with E-state index in [1.807, 2.05) is 0 Å². The highest BCUT2D eigenvalue weighted by atomic mass is 19.3. The van der Waals surface area contributed by atoms with Crippen molar-refractivity contribution in [2.75, 3.05) is 11.9 Å². The Bertz CT molecular complexity index is 312. The van der Waals surface area contributed by atoms with Gasteiger partial charge in [0.15, 0.2) is 0 Å². The van der Waals surface area contributed by atoms with Crippen LogP contribution in [0.3, 0.4) is 0 Å². The Kier molecular flexibility index (Phi) is 2.12. The maximum Gasteiger partial charge on any atom is 0.280 e. The Morgan fingerprint density at radius 1 is 1.38 bits per heavy atom. The van der Waals surface area contributed by atoms with Gasteiger partial charge in [-0.2, -0.15) is 0 Å². The number of hydrogen-bond acceptors (Lipinski definition) is 2. The summed E-state index contributed by atoms with van der Waals surface area (Å²) in [7, 11) is 0. The third-order valence-electron chi connectivity index (χ3n) is 2.13. The van der Waals surface area contributed by atoms with Crippen LogP contribution in [0.15, 0.2) is 12.1 Å². The monoisotopic (exact) mass is 184 g/mol. The molecule has 0 spiro atoms. The molecular formula is C9H10F2N2. The summed E-state index contributed by atoms with van der Waals surface area (Å²) in [6, 6.07) is 3.06. The van der Waals surface area contributed by atoms with Gasteiger partial charge in [-0.25, -0.2) is 13.8 Å². The van der Waals surface area contributed by atoms with E-state index in [-0.39, 0.29) is 5.69 Å². The van der Waals surface area contributed by atoms with E-state index < -0.39 is 6.43 Å². The number of fused-ring (bicyclic) bond motifs is 1. The molecule has 0 radical (unpaired) electrons. The Morgan fingerprint density at radius 2 is 2.23 bits per heavy atom. The molecule has 0 aromatic carbocycles. The van der Waals surface area contributed by atoms with Crippen LogP contribution in [-0.2, 0) is 6.42 Å². The highest BCUT2D eigenvalue weighted by Gasteiger charge is 2.14. The van der Waals surface area contributed by atoms with Crippen LogP contribution in [0.1, 0.15) is 24.2 Å². The second kappa shape index (κ2) is 3.28. The summed E-state index contributed by atoms with van der Waals surface area (Å²) in [5.74, 6) is 0. The first kappa shape index (κ1) is 8.41. The summed E-state index contributed by atoms with van der Waals surface area (Å²) in [5.41, 5.74) is 1.54. The molecule has 0 fully saturated rings. The topological polar surface area (TPSA) is 24.9 Å². The van der Waals surface area contributed by atoms with Crippen LogP contribution in [0.5, 0.6) is 0 Å². The molecule has 0 saturated carbocycles. The molecule has 0 aliphatic carbocycles. The molecule has 0 amide bonds. The molecule has 2 rings (SSSR count). The molecule has 0 atom stereocenters. The SMILES string of the molecule is FC(F)c1ccc2c(n1)CCCN2. The van der Waals surface area contributed by atoms with E-state index in [0.717, 1.165) is 30.8 Å². The number of hydrogen-bond donors (Lipinski definition) is 1. The van der Waals surface area contributed by atoms with Crippen LogP contribution in [-0.4, -0.2) is 11.5 Å². The molecule has 0 unspecified atom stereocenters. The average Bonchev–Trinajstić information content (AvgIpc) is 2.17. The van der Waals surface area contributed by atoms with E-state index in [4.69, 9.17) is 0 Å². The molecule has 4 heteroatoms. The minimum atomic E-state index is -2.47. The van der Waals surface area contributed by atoms with Gasteiger partial charge >= 0.3 is 0 Å². The van der Waals surface area contributed by atoms with Crippen LogP contribution in [0.25, 0.3) is 0 Å². The number of nitrogens with zero attached hydrogens (tertiary/aromatic N) is 1. The Morgan fingerprint density at radius 3 is 3.00 bits per heavy atom. The van der Waals surface area contributed by atoms with Gasteiger partial charge in [0.25, 0.3) is 6.43 Å². The summed E-state index contributed by atoms with van der Waals surface area (Å²) in [4.78, 5) is 3.90. The summed E-state index contributed by atoms with van der Waals surface area (Å²) < 4.78 is 24.5. The Labute approximate surface area is 75.0 Å². The minimum Gasteiger partial charge on any atom is -0.384 e. The zero-order chi connectivity index (χ0) is 9.26. The maximum absolute atomic E-state index is 12.3. The zero-order valence-corrected chi connectivity index (χ0v) is 7.06. The average molecular weight is 184 g/mol. The van der Waals surface area contributed by atoms with Crippen molar-refractivity contribution in [1.29, 1.82) is 0 Å². The Balaban J connectivity index is 2.35. The summed E-state index contributed by atoms with van der Waals surface area (Å²) >= 11 is 0. The Hall–Kier alpha value is -1.19. The normalized spacial score (nSPS) is 15.3. The largest absolute Gasteiger partial charge is 0.384 e. The lowest BCUT2D eigenvalue weighted by molar-refractivity contribution is 0.146. The van der Waals surface area contributed by atoms with Crippen molar-refractivity contribution >= 4 is 5.69 Å². The van der Waals surface area contributed by atoms with Gasteiger partial charge in [0.05, 0.1) is 11.4 Å². The van der Waals surface area contributed by atoms with Gasteiger partial charge in [-0.3, -0.25) is 0 Å². The van der Waals surface area contributed by atoms with E-state index in [1.165, 1.54) is 6.07 Å². The second-order valence-electron chi connectivity index (χ2n) is 3.06. The van der Waals surface area contributed by atoms with Crippen molar-refractivity contribution in [2.24, 2.45) is 0 Å². The first-order chi connectivity index (χ1) is 6.27. The number of rotatable bonds is 1. The molecule has 2 nitrogen and oxygen atoms in total. The van der Waals surface area contributed by atoms with E-state index in [0.29, 0.717) is 0 Å². The van der Waals surface area contributed by atoms with Gasteiger partial charge in [-0.1, -0.05) is 0 Å². The number of pyridine rings is 1. The molecule has 13 heavy (non-hydrogen) atoms. The van der Waals surface area contributed by atoms with Crippen LogP contribution < -0.4 is 5.32 Å².